The number of piperazine rings is 1. The lowest BCUT2D eigenvalue weighted by atomic mass is 9.75. The number of piperidine rings is 1. The molecule has 3 amide bonds. The van der Waals surface area contributed by atoms with Crippen molar-refractivity contribution < 1.29 is 23.5 Å². The topological polar surface area (TPSA) is 85.4 Å². The van der Waals surface area contributed by atoms with Crippen molar-refractivity contribution >= 4 is 23.6 Å². The Labute approximate surface area is 218 Å². The molecule has 204 valence electrons. The van der Waals surface area contributed by atoms with Gasteiger partial charge in [0.1, 0.15) is 12.4 Å². The molecule has 0 aromatic heterocycles. The minimum Gasteiger partial charge on any atom is -0.450 e. The molecule has 0 radical (unpaired) electrons. The molecule has 1 aromatic rings. The number of carbonyl (C=O) groups is 3. The molecule has 3 heterocycles. The van der Waals surface area contributed by atoms with E-state index in [-0.39, 0.29) is 42.2 Å². The highest BCUT2D eigenvalue weighted by Gasteiger charge is 2.51. The molecule has 37 heavy (non-hydrogen) atoms. The summed E-state index contributed by atoms with van der Waals surface area (Å²) in [5.41, 5.74) is 0.664. The monoisotopic (exact) mass is 517 g/mol. The number of rotatable bonds is 7. The van der Waals surface area contributed by atoms with Gasteiger partial charge in [-0.2, -0.15) is 0 Å². The number of amides is 3. The Bertz CT molecular complexity index is 966. The van der Waals surface area contributed by atoms with E-state index in [1.165, 1.54) is 12.1 Å². The van der Waals surface area contributed by atoms with Crippen LogP contribution in [0.15, 0.2) is 24.3 Å². The smallest absolute Gasteiger partial charge is 0.407 e. The zero-order valence-electron chi connectivity index (χ0n) is 22.2. The summed E-state index contributed by atoms with van der Waals surface area (Å²) in [4.78, 5) is 45.7. The second kappa shape index (κ2) is 11.7. The summed E-state index contributed by atoms with van der Waals surface area (Å²) in [5, 5.41) is 2.48. The van der Waals surface area contributed by atoms with E-state index >= 15 is 0 Å². The molecule has 10 heteroatoms. The maximum atomic E-state index is 13.3. The van der Waals surface area contributed by atoms with Crippen LogP contribution >= 0.6 is 0 Å². The van der Waals surface area contributed by atoms with Gasteiger partial charge in [0.05, 0.1) is 12.0 Å². The Hall–Kier alpha value is -2.88. The van der Waals surface area contributed by atoms with Gasteiger partial charge in [-0.25, -0.2) is 9.18 Å². The predicted octanol–water partition coefficient (Wildman–Crippen LogP) is 2.31. The molecule has 9 nitrogen and oxygen atoms in total. The Morgan fingerprint density at radius 3 is 2.49 bits per heavy atom. The van der Waals surface area contributed by atoms with Crippen LogP contribution in [0, 0.1) is 11.2 Å². The molecular formula is C27H40FN5O4. The number of benzene rings is 1. The van der Waals surface area contributed by atoms with Gasteiger partial charge >= 0.3 is 6.09 Å². The van der Waals surface area contributed by atoms with Crippen molar-refractivity contribution in [2.75, 3.05) is 64.4 Å². The van der Waals surface area contributed by atoms with Gasteiger partial charge in [0.15, 0.2) is 0 Å². The van der Waals surface area contributed by atoms with E-state index in [0.717, 1.165) is 44.7 Å². The fraction of sp³-hybridized carbons (Fsp3) is 0.667. The molecule has 0 saturated carbocycles. The number of halogens is 1. The van der Waals surface area contributed by atoms with Crippen LogP contribution in [-0.2, 0) is 14.3 Å². The van der Waals surface area contributed by atoms with Crippen molar-refractivity contribution in [1.82, 2.24) is 20.0 Å². The van der Waals surface area contributed by atoms with Crippen molar-refractivity contribution in [3.05, 3.63) is 30.1 Å². The number of hydrogen-bond acceptors (Lipinski definition) is 6. The Morgan fingerprint density at radius 2 is 1.84 bits per heavy atom. The van der Waals surface area contributed by atoms with Crippen molar-refractivity contribution in [3.8, 4) is 0 Å². The molecule has 3 aliphatic heterocycles. The number of alkyl carbamates (subject to hydrolysis) is 1. The Morgan fingerprint density at radius 1 is 1.14 bits per heavy atom. The van der Waals surface area contributed by atoms with Crippen LogP contribution in [0.3, 0.4) is 0 Å². The molecule has 2 atom stereocenters. The van der Waals surface area contributed by atoms with Gasteiger partial charge in [0, 0.05) is 64.1 Å². The van der Waals surface area contributed by atoms with E-state index in [9.17, 15) is 18.8 Å². The maximum Gasteiger partial charge on any atom is 0.407 e. The minimum absolute atomic E-state index is 0.0881. The summed E-state index contributed by atoms with van der Waals surface area (Å²) >= 11 is 0. The van der Waals surface area contributed by atoms with Crippen LogP contribution in [0.4, 0.5) is 14.9 Å². The van der Waals surface area contributed by atoms with Crippen LogP contribution in [0.5, 0.6) is 0 Å². The molecule has 0 unspecified atom stereocenters. The molecule has 1 spiro atoms. The average Bonchev–Trinajstić information content (AvgIpc) is 3.12. The summed E-state index contributed by atoms with van der Waals surface area (Å²) in [6.45, 7) is 8.84. The van der Waals surface area contributed by atoms with Crippen LogP contribution < -0.4 is 10.2 Å². The van der Waals surface area contributed by atoms with Crippen molar-refractivity contribution in [2.45, 2.75) is 51.6 Å². The fourth-order valence-corrected chi connectivity index (χ4v) is 6.14. The third-order valence-corrected chi connectivity index (χ3v) is 8.33. The first-order chi connectivity index (χ1) is 17.7. The fourth-order valence-electron chi connectivity index (χ4n) is 6.14. The van der Waals surface area contributed by atoms with Gasteiger partial charge in [-0.1, -0.05) is 0 Å². The highest BCUT2D eigenvalue weighted by molar-refractivity contribution is 5.86. The highest BCUT2D eigenvalue weighted by atomic mass is 19.1. The molecule has 0 bridgehead atoms. The Balaban J connectivity index is 1.24. The number of hydrogen-bond donors (Lipinski definition) is 1. The number of nitrogens with zero attached hydrogens (tertiary/aromatic N) is 4. The lowest BCUT2D eigenvalue weighted by Crippen LogP contribution is -2.52. The predicted molar refractivity (Wildman–Crippen MR) is 139 cm³/mol. The molecule has 3 aliphatic rings. The molecule has 4 rings (SSSR count). The summed E-state index contributed by atoms with van der Waals surface area (Å²) in [5.74, 6) is -0.165. The normalized spacial score (nSPS) is 24.0. The third-order valence-electron chi connectivity index (χ3n) is 8.33. The number of likely N-dealkylation sites (tertiary alicyclic amines) is 2. The lowest BCUT2D eigenvalue weighted by Gasteiger charge is -2.41. The van der Waals surface area contributed by atoms with E-state index in [0.29, 0.717) is 32.0 Å². The van der Waals surface area contributed by atoms with Gasteiger partial charge in [-0.15, -0.1) is 0 Å². The highest BCUT2D eigenvalue weighted by Crippen LogP contribution is 2.44. The standard InChI is InChI=1S/C27H40FN5O4/c1-4-37-26(36)29-18-24(34)32-13-10-27(11-14-32)17-23(30(3)25(27)35)9-12-31-15-16-33(20(2)19-31)22-7-5-21(28)6-8-22/h5-8,20,23H,4,9-19H2,1-3H3,(H,29,36)/t20-,23-/m0/s1. The number of nitrogens with one attached hydrogen (secondary N) is 1. The van der Waals surface area contributed by atoms with E-state index in [1.807, 2.05) is 24.1 Å². The Kier molecular flexibility index (Phi) is 8.56. The van der Waals surface area contributed by atoms with E-state index in [1.54, 1.807) is 11.8 Å². The number of ether oxygens (including phenoxy) is 1. The average molecular weight is 518 g/mol. The molecule has 3 saturated heterocycles. The second-order valence-corrected chi connectivity index (χ2v) is 10.6. The van der Waals surface area contributed by atoms with E-state index in [2.05, 4.69) is 22.0 Å². The summed E-state index contributed by atoms with van der Waals surface area (Å²) in [6, 6.07) is 7.24. The second-order valence-electron chi connectivity index (χ2n) is 10.6. The van der Waals surface area contributed by atoms with Gasteiger partial charge in [0.25, 0.3) is 0 Å². The van der Waals surface area contributed by atoms with Gasteiger partial charge < -0.3 is 24.8 Å². The zero-order valence-corrected chi connectivity index (χ0v) is 22.2. The first-order valence-corrected chi connectivity index (χ1v) is 13.4. The maximum absolute atomic E-state index is 13.3. The van der Waals surface area contributed by atoms with Crippen LogP contribution in [0.25, 0.3) is 0 Å². The number of carbonyl (C=O) groups excluding carboxylic acids is 3. The van der Waals surface area contributed by atoms with Crippen LogP contribution in [-0.4, -0.2) is 104 Å². The van der Waals surface area contributed by atoms with Gasteiger partial charge in [-0.3, -0.25) is 14.5 Å². The largest absolute Gasteiger partial charge is 0.450 e. The first kappa shape index (κ1) is 27.2. The third kappa shape index (κ3) is 6.17. The molecule has 3 fully saturated rings. The van der Waals surface area contributed by atoms with Gasteiger partial charge in [0.2, 0.25) is 11.8 Å². The van der Waals surface area contributed by atoms with Crippen molar-refractivity contribution in [3.63, 3.8) is 0 Å². The quantitative estimate of drug-likeness (QED) is 0.598. The molecule has 0 aliphatic carbocycles. The molecular weight excluding hydrogens is 477 g/mol. The zero-order chi connectivity index (χ0) is 26.6. The van der Waals surface area contributed by atoms with Crippen LogP contribution in [0.1, 0.15) is 39.5 Å². The lowest BCUT2D eigenvalue weighted by molar-refractivity contribution is -0.141. The minimum atomic E-state index is -0.592. The summed E-state index contributed by atoms with van der Waals surface area (Å²) in [6.07, 6.45) is 2.48. The SMILES string of the molecule is CCOC(=O)NCC(=O)N1CCC2(CC1)C[C@H](CCN1CCN(c3ccc(F)cc3)[C@@H](C)C1)N(C)C2=O. The van der Waals surface area contributed by atoms with Crippen molar-refractivity contribution in [1.29, 1.82) is 0 Å². The van der Waals surface area contributed by atoms with Gasteiger partial charge in [-0.05, 0) is 63.8 Å². The molecule has 1 N–H and O–H groups in total. The molecule has 1 aromatic carbocycles. The summed E-state index contributed by atoms with van der Waals surface area (Å²) in [7, 11) is 1.91. The number of anilines is 1. The van der Waals surface area contributed by atoms with Crippen LogP contribution in [0.2, 0.25) is 0 Å². The van der Waals surface area contributed by atoms with E-state index < -0.39 is 6.09 Å². The van der Waals surface area contributed by atoms with E-state index in [4.69, 9.17) is 4.74 Å². The first-order valence-electron chi connectivity index (χ1n) is 13.4. The van der Waals surface area contributed by atoms with Crippen molar-refractivity contribution in [2.24, 2.45) is 5.41 Å². The summed E-state index contributed by atoms with van der Waals surface area (Å²) < 4.78 is 18.1.